The topological polar surface area (TPSA) is 3.24 Å². The zero-order valence-corrected chi connectivity index (χ0v) is 16.4. The van der Waals surface area contributed by atoms with Gasteiger partial charge in [-0.05, 0) is 32.5 Å². The van der Waals surface area contributed by atoms with Gasteiger partial charge in [0, 0.05) is 6.04 Å². The molecule has 0 aliphatic carbocycles. The molecule has 1 aromatic carbocycles. The Morgan fingerprint density at radius 1 is 0.783 bits per heavy atom. The van der Waals surface area contributed by atoms with Crippen LogP contribution in [0.5, 0.6) is 0 Å². The maximum Gasteiger partial charge on any atom is 0.0130 e. The average molecular weight is 340 g/mol. The monoisotopic (exact) mass is 339 g/mol. The summed E-state index contributed by atoms with van der Waals surface area (Å²) in [6, 6.07) is 11.6. The third kappa shape index (κ3) is 11.6. The molecule has 0 aliphatic rings. The Labute approximate surface area is 151 Å². The van der Waals surface area contributed by atoms with Crippen LogP contribution in [0.15, 0.2) is 30.3 Å². The van der Waals surface area contributed by atoms with Crippen LogP contribution in [0.1, 0.15) is 76.7 Å². The van der Waals surface area contributed by atoms with Gasteiger partial charge in [0.05, 0.1) is 0 Å². The standard InChI is InChI=1S/C21H37N.ClH/c1-4-5-6-7-8-9-10-11-15-18-21(22(2)3)19-20-16-13-12-14-17-20;/h12-14,16-17,21H,4-11,15,18-19H2,1-3H3;1H. The van der Waals surface area contributed by atoms with Crippen LogP contribution in [0, 0.1) is 0 Å². The molecule has 0 aromatic heterocycles. The fraction of sp³-hybridized carbons (Fsp3) is 0.714. The Bertz CT molecular complexity index is 350. The predicted octanol–water partition coefficient (Wildman–Crippen LogP) is 6.50. The summed E-state index contributed by atoms with van der Waals surface area (Å²) >= 11 is 0. The predicted molar refractivity (Wildman–Crippen MR) is 107 cm³/mol. The van der Waals surface area contributed by atoms with Crippen molar-refractivity contribution >= 4 is 12.4 Å². The molecular weight excluding hydrogens is 302 g/mol. The van der Waals surface area contributed by atoms with E-state index in [1.807, 2.05) is 0 Å². The highest BCUT2D eigenvalue weighted by molar-refractivity contribution is 5.85. The van der Waals surface area contributed by atoms with Crippen molar-refractivity contribution in [2.45, 2.75) is 83.6 Å². The van der Waals surface area contributed by atoms with Crippen LogP contribution in [-0.4, -0.2) is 25.0 Å². The quantitative estimate of drug-likeness (QED) is 0.370. The molecular formula is C21H38ClN. The minimum absolute atomic E-state index is 0. The molecule has 0 amide bonds. The summed E-state index contributed by atoms with van der Waals surface area (Å²) in [5.74, 6) is 0. The van der Waals surface area contributed by atoms with Crippen molar-refractivity contribution in [2.24, 2.45) is 0 Å². The smallest absolute Gasteiger partial charge is 0.0130 e. The Morgan fingerprint density at radius 3 is 1.83 bits per heavy atom. The van der Waals surface area contributed by atoms with Crippen LogP contribution >= 0.6 is 12.4 Å². The van der Waals surface area contributed by atoms with Crippen molar-refractivity contribution in [1.82, 2.24) is 4.90 Å². The van der Waals surface area contributed by atoms with E-state index in [4.69, 9.17) is 0 Å². The van der Waals surface area contributed by atoms with Crippen LogP contribution in [-0.2, 0) is 6.42 Å². The Morgan fingerprint density at radius 2 is 1.30 bits per heavy atom. The summed E-state index contributed by atoms with van der Waals surface area (Å²) in [4.78, 5) is 2.40. The highest BCUT2D eigenvalue weighted by atomic mass is 35.5. The summed E-state index contributed by atoms with van der Waals surface area (Å²) in [6.07, 6.45) is 15.3. The Hall–Kier alpha value is -0.530. The minimum atomic E-state index is 0. The largest absolute Gasteiger partial charge is 0.306 e. The van der Waals surface area contributed by atoms with E-state index in [1.54, 1.807) is 0 Å². The van der Waals surface area contributed by atoms with Crippen molar-refractivity contribution in [1.29, 1.82) is 0 Å². The molecule has 2 heteroatoms. The summed E-state index contributed by atoms with van der Waals surface area (Å²) in [5.41, 5.74) is 1.47. The van der Waals surface area contributed by atoms with Gasteiger partial charge in [-0.15, -0.1) is 12.4 Å². The van der Waals surface area contributed by atoms with Crippen LogP contribution < -0.4 is 0 Å². The van der Waals surface area contributed by atoms with E-state index >= 15 is 0 Å². The molecule has 0 spiro atoms. The minimum Gasteiger partial charge on any atom is -0.306 e. The molecule has 23 heavy (non-hydrogen) atoms. The second-order valence-corrected chi connectivity index (χ2v) is 6.92. The van der Waals surface area contributed by atoms with Gasteiger partial charge in [-0.2, -0.15) is 0 Å². The number of rotatable bonds is 13. The van der Waals surface area contributed by atoms with Gasteiger partial charge < -0.3 is 4.90 Å². The number of nitrogens with zero attached hydrogens (tertiary/aromatic N) is 1. The fourth-order valence-electron chi connectivity index (χ4n) is 3.12. The molecule has 1 unspecified atom stereocenters. The first-order valence-electron chi connectivity index (χ1n) is 9.44. The van der Waals surface area contributed by atoms with Crippen molar-refractivity contribution in [2.75, 3.05) is 14.1 Å². The third-order valence-corrected chi connectivity index (χ3v) is 4.69. The third-order valence-electron chi connectivity index (χ3n) is 4.69. The van der Waals surface area contributed by atoms with E-state index in [0.717, 1.165) is 0 Å². The molecule has 0 saturated carbocycles. The first kappa shape index (κ1) is 22.5. The molecule has 1 rings (SSSR count). The molecule has 134 valence electrons. The van der Waals surface area contributed by atoms with E-state index in [2.05, 4.69) is 56.3 Å². The van der Waals surface area contributed by atoms with E-state index < -0.39 is 0 Å². The van der Waals surface area contributed by atoms with Crippen LogP contribution in [0.2, 0.25) is 0 Å². The van der Waals surface area contributed by atoms with Crippen molar-refractivity contribution in [3.05, 3.63) is 35.9 Å². The van der Waals surface area contributed by atoms with E-state index in [1.165, 1.54) is 76.2 Å². The fourth-order valence-corrected chi connectivity index (χ4v) is 3.12. The highest BCUT2D eigenvalue weighted by Crippen LogP contribution is 2.15. The number of likely N-dealkylation sites (N-methyl/N-ethyl adjacent to an activating group) is 1. The van der Waals surface area contributed by atoms with E-state index in [9.17, 15) is 0 Å². The number of halogens is 1. The summed E-state index contributed by atoms with van der Waals surface area (Å²) in [6.45, 7) is 2.29. The Balaban J connectivity index is 0.00000484. The molecule has 0 N–H and O–H groups in total. The number of unbranched alkanes of at least 4 members (excludes halogenated alkanes) is 8. The van der Waals surface area contributed by atoms with Gasteiger partial charge >= 0.3 is 0 Å². The number of hydrogen-bond acceptors (Lipinski definition) is 1. The lowest BCUT2D eigenvalue weighted by Crippen LogP contribution is -2.30. The lowest BCUT2D eigenvalue weighted by atomic mass is 9.98. The summed E-state index contributed by atoms with van der Waals surface area (Å²) in [5, 5.41) is 0. The summed E-state index contributed by atoms with van der Waals surface area (Å²) < 4.78 is 0. The van der Waals surface area contributed by atoms with Gasteiger partial charge in [0.25, 0.3) is 0 Å². The molecule has 1 aromatic rings. The normalized spacial score (nSPS) is 12.2. The molecule has 0 fully saturated rings. The van der Waals surface area contributed by atoms with Gasteiger partial charge in [0.2, 0.25) is 0 Å². The zero-order chi connectivity index (χ0) is 16.0. The van der Waals surface area contributed by atoms with E-state index in [-0.39, 0.29) is 12.4 Å². The van der Waals surface area contributed by atoms with Crippen LogP contribution in [0.3, 0.4) is 0 Å². The van der Waals surface area contributed by atoms with Crippen molar-refractivity contribution in [3.63, 3.8) is 0 Å². The van der Waals surface area contributed by atoms with Crippen molar-refractivity contribution < 1.29 is 0 Å². The lowest BCUT2D eigenvalue weighted by Gasteiger charge is -2.24. The van der Waals surface area contributed by atoms with Crippen LogP contribution in [0.25, 0.3) is 0 Å². The second-order valence-electron chi connectivity index (χ2n) is 6.92. The zero-order valence-electron chi connectivity index (χ0n) is 15.6. The first-order chi connectivity index (χ1) is 10.7. The van der Waals surface area contributed by atoms with Gasteiger partial charge in [-0.1, -0.05) is 95.0 Å². The van der Waals surface area contributed by atoms with Crippen molar-refractivity contribution in [3.8, 4) is 0 Å². The summed E-state index contributed by atoms with van der Waals surface area (Å²) in [7, 11) is 4.45. The molecule has 1 atom stereocenters. The van der Waals surface area contributed by atoms with Gasteiger partial charge in [0.1, 0.15) is 0 Å². The molecule has 1 nitrogen and oxygen atoms in total. The average Bonchev–Trinajstić information content (AvgIpc) is 2.53. The maximum absolute atomic E-state index is 2.40. The van der Waals surface area contributed by atoms with E-state index in [0.29, 0.717) is 6.04 Å². The first-order valence-corrected chi connectivity index (χ1v) is 9.44. The molecule has 0 heterocycles. The van der Waals surface area contributed by atoms with Gasteiger partial charge in [0.15, 0.2) is 0 Å². The molecule has 0 aliphatic heterocycles. The molecule has 0 saturated heterocycles. The molecule has 0 radical (unpaired) electrons. The number of hydrogen-bond donors (Lipinski definition) is 0. The van der Waals surface area contributed by atoms with Gasteiger partial charge in [-0.25, -0.2) is 0 Å². The molecule has 0 bridgehead atoms. The van der Waals surface area contributed by atoms with Gasteiger partial charge in [-0.3, -0.25) is 0 Å². The SMILES string of the molecule is CCCCCCCCCCCC(Cc1ccccc1)N(C)C.Cl. The van der Waals surface area contributed by atoms with Crippen LogP contribution in [0.4, 0.5) is 0 Å². The second kappa shape index (κ2) is 15.0. The Kier molecular flexibility index (Phi) is 14.7. The highest BCUT2D eigenvalue weighted by Gasteiger charge is 2.11. The maximum atomic E-state index is 2.40. The number of benzene rings is 1. The lowest BCUT2D eigenvalue weighted by molar-refractivity contribution is 0.269.